The lowest BCUT2D eigenvalue weighted by atomic mass is 9.99. The molecule has 4 unspecified atom stereocenters. The quantitative estimate of drug-likeness (QED) is 0.0915. The Hall–Kier alpha value is -3.89. The maximum Gasteiger partial charge on any atom is 0.333 e. The average Bonchev–Trinajstić information content (AvgIpc) is 2.77. The van der Waals surface area contributed by atoms with Gasteiger partial charge in [-0.25, -0.2) is 15.0 Å². The number of urea groups is 1. The first kappa shape index (κ1) is 26.4. The molecule has 1 aliphatic heterocycles. The molecular formula is C18H22N6O9S. The van der Waals surface area contributed by atoms with Crippen LogP contribution >= 0.6 is 0 Å². The minimum atomic E-state index is -2.33. The van der Waals surface area contributed by atoms with E-state index in [4.69, 9.17) is 15.3 Å². The lowest BCUT2D eigenvalue weighted by Crippen LogP contribution is -2.78. The predicted octanol–water partition coefficient (Wildman–Crippen LogP) is -0.772. The Labute approximate surface area is 196 Å². The second-order valence-corrected chi connectivity index (χ2v) is 8.21. The van der Waals surface area contributed by atoms with E-state index < -0.39 is 57.6 Å². The lowest BCUT2D eigenvalue weighted by molar-refractivity contribution is -0.385. The molecule has 0 spiro atoms. The number of nitrogens with one attached hydrogen (secondary N) is 2. The molecule has 0 aromatic heterocycles. The third-order valence-electron chi connectivity index (χ3n) is 4.51. The number of nitro groups is 1. The number of non-ortho nitro benzene ring substituents is 1. The highest BCUT2D eigenvalue weighted by Gasteiger charge is 2.64. The van der Waals surface area contributed by atoms with Crippen molar-refractivity contribution in [2.75, 3.05) is 7.11 Å². The van der Waals surface area contributed by atoms with Crippen LogP contribution in [0.4, 0.5) is 10.5 Å². The number of primary amides is 1. The number of carbonyl (C=O) groups excluding carboxylic acids is 4. The fraction of sp³-hybridized carbons (Fsp3) is 0.333. The molecular weight excluding hydrogens is 476 g/mol. The van der Waals surface area contributed by atoms with E-state index in [1.165, 1.54) is 25.1 Å². The molecule has 1 aromatic carbocycles. The van der Waals surface area contributed by atoms with Crippen LogP contribution in [0.5, 0.6) is 5.75 Å². The third kappa shape index (κ3) is 5.53. The number of rotatable bonds is 10. The SMILES string of the molecule is C=C(C)C(C(=O)OC)N1C(=O)C(N(Oc2cccc([N+](=O)[O-])c2)C(C)=O)C1[S+]([O-])NNC(N)=O. The Morgan fingerprint density at radius 3 is 2.50 bits per heavy atom. The smallest absolute Gasteiger partial charge is 0.333 e. The molecule has 184 valence electrons. The van der Waals surface area contributed by atoms with Crippen molar-refractivity contribution in [2.24, 2.45) is 5.73 Å². The summed E-state index contributed by atoms with van der Waals surface area (Å²) in [7, 11) is 1.08. The van der Waals surface area contributed by atoms with Crippen LogP contribution in [0.15, 0.2) is 36.4 Å². The number of carbonyl (C=O) groups is 4. The van der Waals surface area contributed by atoms with Crippen LogP contribution in [0.25, 0.3) is 0 Å². The van der Waals surface area contributed by atoms with Gasteiger partial charge in [-0.3, -0.25) is 24.6 Å². The van der Waals surface area contributed by atoms with Gasteiger partial charge in [0.25, 0.3) is 17.5 Å². The number of nitrogens with two attached hydrogens (primary N) is 1. The number of hydrogen-bond donors (Lipinski definition) is 3. The Balaban J connectivity index is 2.46. The zero-order valence-electron chi connectivity index (χ0n) is 18.3. The molecule has 1 heterocycles. The summed E-state index contributed by atoms with van der Waals surface area (Å²) >= 11 is -2.33. The first-order valence-corrected chi connectivity index (χ1v) is 10.6. The summed E-state index contributed by atoms with van der Waals surface area (Å²) in [6, 6.07) is 0.767. The van der Waals surface area contributed by atoms with Crippen LogP contribution in [0.2, 0.25) is 0 Å². The molecule has 4 amide bonds. The molecule has 1 fully saturated rings. The molecule has 0 saturated carbocycles. The lowest BCUT2D eigenvalue weighted by Gasteiger charge is -2.50. The van der Waals surface area contributed by atoms with Crippen molar-refractivity contribution in [1.82, 2.24) is 20.2 Å². The number of ether oxygens (including phenoxy) is 1. The van der Waals surface area contributed by atoms with Crippen LogP contribution in [0.3, 0.4) is 0 Å². The molecule has 1 aromatic rings. The number of β-lactam (4-membered cyclic amide) rings is 1. The van der Waals surface area contributed by atoms with Gasteiger partial charge >= 0.3 is 12.0 Å². The summed E-state index contributed by atoms with van der Waals surface area (Å²) in [6.07, 6.45) is 0. The van der Waals surface area contributed by atoms with Gasteiger partial charge in [-0.15, -0.1) is 0 Å². The molecule has 0 bridgehead atoms. The van der Waals surface area contributed by atoms with Gasteiger partial charge in [0, 0.05) is 13.0 Å². The first-order chi connectivity index (χ1) is 15.9. The summed E-state index contributed by atoms with van der Waals surface area (Å²) in [5, 5.41) is 10.1. The van der Waals surface area contributed by atoms with Gasteiger partial charge in [0.2, 0.25) is 11.4 Å². The maximum atomic E-state index is 13.1. The minimum absolute atomic E-state index is 0.159. The summed E-state index contributed by atoms with van der Waals surface area (Å²) in [5.41, 5.74) is 6.68. The minimum Gasteiger partial charge on any atom is -0.595 e. The van der Waals surface area contributed by atoms with Crippen molar-refractivity contribution < 1.29 is 38.2 Å². The van der Waals surface area contributed by atoms with E-state index in [0.29, 0.717) is 5.06 Å². The van der Waals surface area contributed by atoms with Gasteiger partial charge in [0.05, 0.1) is 29.5 Å². The van der Waals surface area contributed by atoms with Gasteiger partial charge in [0.1, 0.15) is 0 Å². The molecule has 2 rings (SSSR count). The van der Waals surface area contributed by atoms with Crippen LogP contribution in [-0.2, 0) is 30.5 Å². The molecule has 0 aliphatic carbocycles. The summed E-state index contributed by atoms with van der Waals surface area (Å²) in [4.78, 5) is 67.5. The normalized spacial score (nSPS) is 18.7. The Morgan fingerprint density at radius 1 is 1.35 bits per heavy atom. The molecule has 0 radical (unpaired) electrons. The van der Waals surface area contributed by atoms with E-state index in [0.717, 1.165) is 25.0 Å². The largest absolute Gasteiger partial charge is 0.595 e. The third-order valence-corrected chi connectivity index (χ3v) is 5.74. The Morgan fingerprint density at radius 2 is 2.00 bits per heavy atom. The monoisotopic (exact) mass is 498 g/mol. The van der Waals surface area contributed by atoms with E-state index in [1.54, 1.807) is 0 Å². The first-order valence-electron chi connectivity index (χ1n) is 9.40. The van der Waals surface area contributed by atoms with E-state index in [-0.39, 0.29) is 17.0 Å². The molecule has 1 aliphatic rings. The number of hydrogen-bond acceptors (Lipinski definition) is 10. The number of amides is 4. The van der Waals surface area contributed by atoms with E-state index in [9.17, 15) is 33.8 Å². The van der Waals surface area contributed by atoms with Crippen molar-refractivity contribution in [1.29, 1.82) is 0 Å². The predicted molar refractivity (Wildman–Crippen MR) is 115 cm³/mol. The Kier molecular flexibility index (Phi) is 8.39. The number of methoxy groups -OCH3 is 1. The van der Waals surface area contributed by atoms with Crippen LogP contribution in [0, 0.1) is 10.1 Å². The molecule has 34 heavy (non-hydrogen) atoms. The van der Waals surface area contributed by atoms with E-state index in [2.05, 4.69) is 11.4 Å². The number of hydroxylamine groups is 2. The van der Waals surface area contributed by atoms with Gasteiger partial charge in [-0.1, -0.05) is 12.6 Å². The van der Waals surface area contributed by atoms with Gasteiger partial charge < -0.3 is 19.9 Å². The van der Waals surface area contributed by atoms with E-state index >= 15 is 0 Å². The van der Waals surface area contributed by atoms with Crippen LogP contribution in [-0.4, -0.2) is 67.8 Å². The topological polar surface area (TPSA) is 210 Å². The molecule has 16 heteroatoms. The van der Waals surface area contributed by atoms with Gasteiger partial charge in [0.15, 0.2) is 11.8 Å². The summed E-state index contributed by atoms with van der Waals surface area (Å²) in [5.74, 6) is -2.73. The fourth-order valence-corrected chi connectivity index (χ4v) is 4.30. The van der Waals surface area contributed by atoms with Crippen molar-refractivity contribution in [3.8, 4) is 5.75 Å². The summed E-state index contributed by atoms with van der Waals surface area (Å²) < 4.78 is 17.6. The maximum absolute atomic E-state index is 13.1. The average molecular weight is 498 g/mol. The van der Waals surface area contributed by atoms with Crippen molar-refractivity contribution in [2.45, 2.75) is 31.3 Å². The van der Waals surface area contributed by atoms with Gasteiger partial charge in [-0.05, 0) is 23.4 Å². The molecule has 15 nitrogen and oxygen atoms in total. The second-order valence-electron chi connectivity index (χ2n) is 6.93. The highest BCUT2D eigenvalue weighted by atomic mass is 32.2. The number of hydrazine groups is 1. The number of nitro benzene ring substituents is 1. The van der Waals surface area contributed by atoms with Crippen molar-refractivity contribution in [3.05, 3.63) is 46.5 Å². The fourth-order valence-electron chi connectivity index (χ4n) is 3.09. The molecule has 1 saturated heterocycles. The van der Waals surface area contributed by atoms with Gasteiger partial charge in [-0.2, -0.15) is 5.06 Å². The number of nitrogens with zero attached hydrogens (tertiary/aromatic N) is 3. The molecule has 4 atom stereocenters. The Bertz CT molecular complexity index is 1020. The highest BCUT2D eigenvalue weighted by molar-refractivity contribution is 7.90. The number of benzene rings is 1. The van der Waals surface area contributed by atoms with Crippen LogP contribution in [0.1, 0.15) is 13.8 Å². The zero-order chi connectivity index (χ0) is 25.7. The standard InChI is InChI=1S/C18H22N6O9S/c1-9(2)13(17(27)32-4)22-15(26)14(16(22)34(31)21-20-18(19)28)23(10(3)25)33-12-7-5-6-11(8-12)24(29)30/h5-8,13-14,16,21H,1H2,2-4H3,(H3,19,20,28). The number of esters is 1. The summed E-state index contributed by atoms with van der Waals surface area (Å²) in [6.45, 7) is 6.12. The van der Waals surface area contributed by atoms with Crippen LogP contribution < -0.4 is 20.8 Å². The zero-order valence-corrected chi connectivity index (χ0v) is 19.1. The number of likely N-dealkylation sites (tertiary alicyclic amines) is 1. The second kappa shape index (κ2) is 10.8. The molecule has 4 N–H and O–H groups in total. The van der Waals surface area contributed by atoms with E-state index in [1.807, 2.05) is 5.43 Å². The van der Waals surface area contributed by atoms with Crippen molar-refractivity contribution >= 4 is 40.9 Å². The highest BCUT2D eigenvalue weighted by Crippen LogP contribution is 2.34. The van der Waals surface area contributed by atoms with Crippen molar-refractivity contribution in [3.63, 3.8) is 0 Å².